The molecule has 4 rings (SSSR count). The van der Waals surface area contributed by atoms with Gasteiger partial charge >= 0.3 is 6.03 Å². The Morgan fingerprint density at radius 3 is 2.73 bits per heavy atom. The lowest BCUT2D eigenvalue weighted by atomic mass is 9.87. The Kier molecular flexibility index (Phi) is 4.59. The van der Waals surface area contributed by atoms with E-state index in [4.69, 9.17) is 0 Å². The van der Waals surface area contributed by atoms with Gasteiger partial charge in [0.25, 0.3) is 0 Å². The molecule has 2 aliphatic rings. The van der Waals surface area contributed by atoms with Crippen LogP contribution in [-0.2, 0) is 13.0 Å². The number of carbonyl (C=O) groups excluding carboxylic acids is 1. The monoisotopic (exact) mass is 357 g/mol. The minimum atomic E-state index is -0.511. The number of carbonyl (C=O) groups is 1. The molecule has 2 amide bonds. The van der Waals surface area contributed by atoms with Crippen molar-refractivity contribution in [1.82, 2.24) is 10.6 Å². The van der Waals surface area contributed by atoms with E-state index in [1.54, 1.807) is 4.90 Å². The van der Waals surface area contributed by atoms with Gasteiger partial charge in [-0.3, -0.25) is 4.90 Å². The highest BCUT2D eigenvalue weighted by Crippen LogP contribution is 2.32. The van der Waals surface area contributed by atoms with Crippen molar-refractivity contribution in [1.29, 1.82) is 0 Å². The van der Waals surface area contributed by atoms with Gasteiger partial charge in [0.2, 0.25) is 0 Å². The third kappa shape index (κ3) is 3.29. The Hall–Kier alpha value is -2.47. The molecule has 4 nitrogen and oxygen atoms in total. The molecule has 1 fully saturated rings. The van der Waals surface area contributed by atoms with Crippen molar-refractivity contribution in [2.75, 3.05) is 18.0 Å². The second-order valence-corrected chi connectivity index (χ2v) is 6.84. The van der Waals surface area contributed by atoms with Gasteiger partial charge in [0.05, 0.1) is 0 Å². The largest absolute Gasteiger partial charge is 0.336 e. The maximum Gasteiger partial charge on any atom is 0.321 e. The minimum absolute atomic E-state index is 0.0719. The molecule has 2 aromatic carbocycles. The van der Waals surface area contributed by atoms with Gasteiger partial charge in [-0.1, -0.05) is 12.1 Å². The molecular formula is C20H21F2N3O. The van der Waals surface area contributed by atoms with Crippen molar-refractivity contribution in [3.8, 4) is 0 Å². The summed E-state index contributed by atoms with van der Waals surface area (Å²) in [6.07, 6.45) is 2.47. The van der Waals surface area contributed by atoms with E-state index in [0.29, 0.717) is 25.2 Å². The molecule has 0 spiro atoms. The summed E-state index contributed by atoms with van der Waals surface area (Å²) in [5.41, 5.74) is 3.29. The number of urea groups is 1. The zero-order valence-corrected chi connectivity index (χ0v) is 14.4. The van der Waals surface area contributed by atoms with Crippen LogP contribution in [0.2, 0.25) is 0 Å². The molecule has 26 heavy (non-hydrogen) atoms. The van der Waals surface area contributed by atoms with E-state index < -0.39 is 11.6 Å². The highest BCUT2D eigenvalue weighted by atomic mass is 19.1. The average molecular weight is 357 g/mol. The lowest BCUT2D eigenvalue weighted by Crippen LogP contribution is -2.28. The molecule has 0 bridgehead atoms. The van der Waals surface area contributed by atoms with Crippen molar-refractivity contribution in [2.45, 2.75) is 31.8 Å². The molecule has 2 aromatic rings. The molecule has 1 unspecified atom stereocenters. The third-order valence-electron chi connectivity index (χ3n) is 5.12. The summed E-state index contributed by atoms with van der Waals surface area (Å²) in [5.74, 6) is -0.976. The molecular weight excluding hydrogens is 336 g/mol. The fraction of sp³-hybridized carbons (Fsp3) is 0.350. The van der Waals surface area contributed by atoms with Crippen molar-refractivity contribution in [3.63, 3.8) is 0 Å². The van der Waals surface area contributed by atoms with E-state index >= 15 is 0 Å². The highest BCUT2D eigenvalue weighted by molar-refractivity contribution is 5.93. The zero-order chi connectivity index (χ0) is 18.1. The smallest absolute Gasteiger partial charge is 0.321 e. The molecule has 2 N–H and O–H groups in total. The molecule has 0 saturated carbocycles. The zero-order valence-electron chi connectivity index (χ0n) is 14.4. The summed E-state index contributed by atoms with van der Waals surface area (Å²) in [6.45, 7) is 1.92. The van der Waals surface area contributed by atoms with E-state index in [1.165, 1.54) is 6.07 Å². The fourth-order valence-electron chi connectivity index (χ4n) is 3.83. The summed E-state index contributed by atoms with van der Waals surface area (Å²) < 4.78 is 27.7. The summed E-state index contributed by atoms with van der Waals surface area (Å²) in [5, 5.41) is 6.18. The number of fused-ring (bicyclic) bond motifs is 1. The molecule has 1 heterocycles. The van der Waals surface area contributed by atoms with Gasteiger partial charge in [0.15, 0.2) is 0 Å². The fourth-order valence-corrected chi connectivity index (χ4v) is 3.83. The number of aryl methyl sites for hydroxylation is 1. The van der Waals surface area contributed by atoms with Crippen molar-refractivity contribution in [2.24, 2.45) is 0 Å². The Morgan fingerprint density at radius 1 is 1.19 bits per heavy atom. The van der Waals surface area contributed by atoms with Crippen molar-refractivity contribution in [3.05, 3.63) is 64.7 Å². The van der Waals surface area contributed by atoms with Crippen LogP contribution in [0.3, 0.4) is 0 Å². The molecule has 1 aliphatic carbocycles. The number of nitrogens with zero attached hydrogens (tertiary/aromatic N) is 1. The van der Waals surface area contributed by atoms with Crippen LogP contribution in [0.15, 0.2) is 36.4 Å². The van der Waals surface area contributed by atoms with Gasteiger partial charge in [-0.2, -0.15) is 0 Å². The Balaban J connectivity index is 1.45. The number of halogens is 2. The van der Waals surface area contributed by atoms with Crippen LogP contribution in [0.25, 0.3) is 0 Å². The van der Waals surface area contributed by atoms with E-state index in [0.717, 1.165) is 42.1 Å². The first-order valence-electron chi connectivity index (χ1n) is 8.97. The lowest BCUT2D eigenvalue weighted by molar-refractivity contribution is 0.252. The van der Waals surface area contributed by atoms with Gasteiger partial charge < -0.3 is 10.6 Å². The predicted molar refractivity (Wildman–Crippen MR) is 96.1 cm³/mol. The summed E-state index contributed by atoms with van der Waals surface area (Å²) in [7, 11) is 0. The maximum atomic E-state index is 14.2. The molecule has 136 valence electrons. The Labute approximate surface area is 151 Å². The van der Waals surface area contributed by atoms with E-state index in [2.05, 4.69) is 10.6 Å². The number of rotatable bonds is 4. The molecule has 6 heteroatoms. The molecule has 1 aliphatic heterocycles. The van der Waals surface area contributed by atoms with Crippen molar-refractivity contribution < 1.29 is 13.6 Å². The lowest BCUT2D eigenvalue weighted by Gasteiger charge is -2.27. The minimum Gasteiger partial charge on any atom is -0.336 e. The van der Waals surface area contributed by atoms with Crippen LogP contribution in [0, 0.1) is 11.6 Å². The Morgan fingerprint density at radius 2 is 2.00 bits per heavy atom. The molecule has 0 aromatic heterocycles. The second-order valence-electron chi connectivity index (χ2n) is 6.84. The van der Waals surface area contributed by atoms with E-state index in [9.17, 15) is 13.6 Å². The second kappa shape index (κ2) is 7.03. The van der Waals surface area contributed by atoms with Gasteiger partial charge in [-0.15, -0.1) is 0 Å². The van der Waals surface area contributed by atoms with Crippen LogP contribution in [0.1, 0.15) is 35.6 Å². The quantitative estimate of drug-likeness (QED) is 0.877. The number of benzene rings is 2. The average Bonchev–Trinajstić information content (AvgIpc) is 3.06. The number of amides is 2. The maximum absolute atomic E-state index is 14.2. The van der Waals surface area contributed by atoms with Gasteiger partial charge in [-0.05, 0) is 48.6 Å². The normalized spacial score (nSPS) is 19.4. The Bertz CT molecular complexity index is 823. The first-order valence-corrected chi connectivity index (χ1v) is 8.97. The van der Waals surface area contributed by atoms with E-state index in [1.807, 2.05) is 24.3 Å². The number of nitrogens with one attached hydrogen (secondary N) is 2. The van der Waals surface area contributed by atoms with Crippen molar-refractivity contribution >= 4 is 11.7 Å². The summed E-state index contributed by atoms with van der Waals surface area (Å²) in [4.78, 5) is 13.4. The van der Waals surface area contributed by atoms with Crippen LogP contribution in [0.5, 0.6) is 0 Å². The number of hydrogen-bond donors (Lipinski definition) is 2. The van der Waals surface area contributed by atoms with Crippen LogP contribution in [0.4, 0.5) is 19.3 Å². The van der Waals surface area contributed by atoms with Crippen LogP contribution in [-0.4, -0.2) is 19.1 Å². The summed E-state index contributed by atoms with van der Waals surface area (Å²) in [6, 6.07) is 10.0. The van der Waals surface area contributed by atoms with Gasteiger partial charge in [-0.25, -0.2) is 13.6 Å². The standard InChI is InChI=1S/C20H21F2N3O/c21-15-10-14-2-1-3-18(19(14)17(22)11-15)24-12-13-4-6-16(7-5-13)25-9-8-23-20(25)26/h4-7,10-11,18,24H,1-3,8-9,12H2,(H,23,26). The number of hydrogen-bond acceptors (Lipinski definition) is 2. The summed E-state index contributed by atoms with van der Waals surface area (Å²) >= 11 is 0. The predicted octanol–water partition coefficient (Wildman–Crippen LogP) is 3.66. The first kappa shape index (κ1) is 17.0. The van der Waals surface area contributed by atoms with Gasteiger partial charge in [0.1, 0.15) is 11.6 Å². The van der Waals surface area contributed by atoms with E-state index in [-0.39, 0.29) is 12.1 Å². The molecule has 1 atom stereocenters. The number of anilines is 1. The van der Waals surface area contributed by atoms with Gasteiger partial charge in [0, 0.05) is 43.0 Å². The third-order valence-corrected chi connectivity index (χ3v) is 5.12. The first-order chi connectivity index (χ1) is 12.6. The topological polar surface area (TPSA) is 44.4 Å². The SMILES string of the molecule is O=C1NCCN1c1ccc(CNC2CCCc3cc(F)cc(F)c32)cc1. The van der Waals surface area contributed by atoms with Crippen LogP contribution >= 0.6 is 0 Å². The van der Waals surface area contributed by atoms with Crippen LogP contribution < -0.4 is 15.5 Å². The highest BCUT2D eigenvalue weighted by Gasteiger charge is 2.24. The molecule has 0 radical (unpaired) electrons. The molecule has 1 saturated heterocycles.